The smallest absolute Gasteiger partial charge is 0.359 e. The zero-order valence-electron chi connectivity index (χ0n) is 12.6. The van der Waals surface area contributed by atoms with E-state index in [0.717, 1.165) is 16.6 Å². The molecular weight excluding hydrogens is 319 g/mol. The normalized spacial score (nSPS) is 11.0. The molecule has 23 heavy (non-hydrogen) atoms. The van der Waals surface area contributed by atoms with Crippen molar-refractivity contribution in [2.24, 2.45) is 0 Å². The van der Waals surface area contributed by atoms with E-state index < -0.39 is 11.8 Å². The van der Waals surface area contributed by atoms with Gasteiger partial charge in [0.1, 0.15) is 5.82 Å². The lowest BCUT2D eigenvalue weighted by Crippen LogP contribution is -2.06. The van der Waals surface area contributed by atoms with Crippen molar-refractivity contribution in [2.75, 3.05) is 7.11 Å². The van der Waals surface area contributed by atoms with Crippen LogP contribution in [0, 0.1) is 12.7 Å². The fraction of sp³-hybridized carbons (Fsp3) is 0.176. The lowest BCUT2D eigenvalue weighted by atomic mass is 10.1. The molecular formula is C17H14ClFN2O2. The van der Waals surface area contributed by atoms with E-state index in [4.69, 9.17) is 16.3 Å². The summed E-state index contributed by atoms with van der Waals surface area (Å²) >= 11 is 6.09. The van der Waals surface area contributed by atoms with Gasteiger partial charge in [-0.25, -0.2) is 9.18 Å². The molecule has 0 amide bonds. The SMILES string of the molecule is COC(=O)c1nn(Cc2ccc(F)cc2Cl)c2cc(C)ccc12. The highest BCUT2D eigenvalue weighted by atomic mass is 35.5. The predicted octanol–water partition coefficient (Wildman–Crippen LogP) is 3.97. The first-order chi connectivity index (χ1) is 11.0. The first kappa shape index (κ1) is 15.5. The highest BCUT2D eigenvalue weighted by Gasteiger charge is 2.18. The molecule has 1 aromatic heterocycles. The summed E-state index contributed by atoms with van der Waals surface area (Å²) in [6.45, 7) is 2.29. The maximum atomic E-state index is 13.2. The lowest BCUT2D eigenvalue weighted by Gasteiger charge is -2.06. The van der Waals surface area contributed by atoms with E-state index in [2.05, 4.69) is 5.10 Å². The van der Waals surface area contributed by atoms with Gasteiger partial charge in [-0.05, 0) is 36.2 Å². The van der Waals surface area contributed by atoms with Crippen molar-refractivity contribution in [3.8, 4) is 0 Å². The van der Waals surface area contributed by atoms with E-state index in [1.807, 2.05) is 25.1 Å². The number of carbonyl (C=O) groups is 1. The Kier molecular flexibility index (Phi) is 4.05. The number of rotatable bonds is 3. The minimum absolute atomic E-state index is 0.251. The van der Waals surface area contributed by atoms with Crippen LogP contribution in [0.2, 0.25) is 5.02 Å². The summed E-state index contributed by atoms with van der Waals surface area (Å²) in [7, 11) is 1.32. The van der Waals surface area contributed by atoms with Crippen LogP contribution in [0.4, 0.5) is 4.39 Å². The van der Waals surface area contributed by atoms with Gasteiger partial charge in [-0.2, -0.15) is 5.10 Å². The van der Waals surface area contributed by atoms with Crippen LogP contribution >= 0.6 is 11.6 Å². The van der Waals surface area contributed by atoms with Crippen LogP contribution in [0.3, 0.4) is 0 Å². The predicted molar refractivity (Wildman–Crippen MR) is 86.3 cm³/mol. The van der Waals surface area contributed by atoms with Crippen molar-refractivity contribution >= 4 is 28.5 Å². The third kappa shape index (κ3) is 2.92. The third-order valence-corrected chi connectivity index (χ3v) is 3.97. The average Bonchev–Trinajstić information content (AvgIpc) is 2.87. The zero-order chi connectivity index (χ0) is 16.6. The van der Waals surface area contributed by atoms with Gasteiger partial charge in [-0.3, -0.25) is 4.68 Å². The summed E-state index contributed by atoms with van der Waals surface area (Å²) in [6, 6.07) is 9.90. The van der Waals surface area contributed by atoms with Gasteiger partial charge in [0.25, 0.3) is 0 Å². The number of halogens is 2. The number of benzene rings is 2. The van der Waals surface area contributed by atoms with Gasteiger partial charge in [0, 0.05) is 10.4 Å². The van der Waals surface area contributed by atoms with Crippen LogP contribution in [0.5, 0.6) is 0 Å². The molecule has 0 spiro atoms. The van der Waals surface area contributed by atoms with Crippen LogP contribution in [-0.2, 0) is 11.3 Å². The largest absolute Gasteiger partial charge is 0.464 e. The minimum Gasteiger partial charge on any atom is -0.464 e. The molecule has 0 unspecified atom stereocenters. The molecule has 4 nitrogen and oxygen atoms in total. The minimum atomic E-state index is -0.497. The Hall–Kier alpha value is -2.40. The van der Waals surface area contributed by atoms with Crippen LogP contribution < -0.4 is 0 Å². The Labute approximate surface area is 137 Å². The first-order valence-electron chi connectivity index (χ1n) is 6.99. The van der Waals surface area contributed by atoms with Gasteiger partial charge in [0.2, 0.25) is 0 Å². The van der Waals surface area contributed by atoms with Crippen molar-refractivity contribution in [3.63, 3.8) is 0 Å². The highest BCUT2D eigenvalue weighted by Crippen LogP contribution is 2.24. The number of carbonyl (C=O) groups excluding carboxylic acids is 1. The molecule has 0 radical (unpaired) electrons. The molecule has 0 aliphatic rings. The molecule has 3 aromatic rings. The fourth-order valence-corrected chi connectivity index (χ4v) is 2.69. The van der Waals surface area contributed by atoms with Crippen LogP contribution in [-0.4, -0.2) is 22.9 Å². The molecule has 0 saturated carbocycles. The number of hydrogen-bond acceptors (Lipinski definition) is 3. The molecule has 0 bridgehead atoms. The van der Waals surface area contributed by atoms with Crippen molar-refractivity contribution in [1.29, 1.82) is 0 Å². The highest BCUT2D eigenvalue weighted by molar-refractivity contribution is 6.31. The van der Waals surface area contributed by atoms with Crippen molar-refractivity contribution in [3.05, 3.63) is 64.1 Å². The molecule has 1 heterocycles. The Bertz CT molecular complexity index is 905. The summed E-state index contributed by atoms with van der Waals surface area (Å²) < 4.78 is 19.6. The maximum Gasteiger partial charge on any atom is 0.359 e. The summed E-state index contributed by atoms with van der Waals surface area (Å²) in [4.78, 5) is 11.9. The third-order valence-electron chi connectivity index (χ3n) is 3.62. The molecule has 6 heteroatoms. The van der Waals surface area contributed by atoms with Gasteiger partial charge in [-0.1, -0.05) is 29.8 Å². The Balaban J connectivity index is 2.13. The van der Waals surface area contributed by atoms with E-state index >= 15 is 0 Å². The summed E-state index contributed by atoms with van der Waals surface area (Å²) in [5.41, 5.74) is 2.81. The van der Waals surface area contributed by atoms with Gasteiger partial charge in [0.15, 0.2) is 5.69 Å². The molecule has 0 aliphatic heterocycles. The molecule has 3 rings (SSSR count). The van der Waals surface area contributed by atoms with Crippen molar-refractivity contribution < 1.29 is 13.9 Å². The first-order valence-corrected chi connectivity index (χ1v) is 7.37. The average molecular weight is 333 g/mol. The number of methoxy groups -OCH3 is 1. The number of hydrogen-bond donors (Lipinski definition) is 0. The second kappa shape index (κ2) is 6.01. The monoisotopic (exact) mass is 332 g/mol. The van der Waals surface area contributed by atoms with E-state index in [9.17, 15) is 9.18 Å². The molecule has 0 N–H and O–H groups in total. The second-order valence-corrected chi connectivity index (χ2v) is 5.66. The van der Waals surface area contributed by atoms with Crippen LogP contribution in [0.25, 0.3) is 10.9 Å². The van der Waals surface area contributed by atoms with Gasteiger partial charge in [0.05, 0.1) is 19.2 Å². The number of fused-ring (bicyclic) bond motifs is 1. The number of nitrogens with zero attached hydrogens (tertiary/aromatic N) is 2. The van der Waals surface area contributed by atoms with Crippen LogP contribution in [0.1, 0.15) is 21.6 Å². The van der Waals surface area contributed by atoms with Crippen LogP contribution in [0.15, 0.2) is 36.4 Å². The number of aromatic nitrogens is 2. The van der Waals surface area contributed by atoms with E-state index in [1.165, 1.54) is 19.2 Å². The van der Waals surface area contributed by atoms with Crippen molar-refractivity contribution in [1.82, 2.24) is 9.78 Å². The van der Waals surface area contributed by atoms with E-state index in [-0.39, 0.29) is 5.69 Å². The maximum absolute atomic E-state index is 13.2. The topological polar surface area (TPSA) is 44.1 Å². The number of aryl methyl sites for hydroxylation is 1. The van der Waals surface area contributed by atoms with Gasteiger partial charge in [-0.15, -0.1) is 0 Å². The van der Waals surface area contributed by atoms with Gasteiger partial charge < -0.3 is 4.74 Å². The second-order valence-electron chi connectivity index (χ2n) is 5.25. The zero-order valence-corrected chi connectivity index (χ0v) is 13.4. The Morgan fingerprint density at radius 2 is 2.09 bits per heavy atom. The quantitative estimate of drug-likeness (QED) is 0.682. The molecule has 0 saturated heterocycles. The summed E-state index contributed by atoms with van der Waals surface area (Å²) in [5, 5.41) is 5.38. The summed E-state index contributed by atoms with van der Waals surface area (Å²) in [6.07, 6.45) is 0. The van der Waals surface area contributed by atoms with E-state index in [1.54, 1.807) is 10.7 Å². The lowest BCUT2D eigenvalue weighted by molar-refractivity contribution is 0.0595. The van der Waals surface area contributed by atoms with Crippen molar-refractivity contribution in [2.45, 2.75) is 13.5 Å². The Morgan fingerprint density at radius 1 is 1.30 bits per heavy atom. The molecule has 0 aliphatic carbocycles. The summed E-state index contributed by atoms with van der Waals surface area (Å²) in [5.74, 6) is -0.891. The molecule has 0 atom stereocenters. The Morgan fingerprint density at radius 3 is 2.78 bits per heavy atom. The fourth-order valence-electron chi connectivity index (χ4n) is 2.46. The molecule has 0 fully saturated rings. The van der Waals surface area contributed by atoms with E-state index in [0.29, 0.717) is 17.0 Å². The standard InChI is InChI=1S/C17H14ClFN2O2/c1-10-3-6-13-15(7-10)21(20-16(13)17(22)23-2)9-11-4-5-12(19)8-14(11)18/h3-8H,9H2,1-2H3. The number of ether oxygens (including phenoxy) is 1. The van der Waals surface area contributed by atoms with Gasteiger partial charge >= 0.3 is 5.97 Å². The molecule has 118 valence electrons. The number of esters is 1. The molecule has 2 aromatic carbocycles.